The number of anilines is 1. The van der Waals surface area contributed by atoms with Crippen molar-refractivity contribution in [3.05, 3.63) is 35.5 Å². The van der Waals surface area contributed by atoms with E-state index in [4.69, 9.17) is 22.1 Å². The fourth-order valence-corrected chi connectivity index (χ4v) is 1.56. The van der Waals surface area contributed by atoms with E-state index >= 15 is 0 Å². The van der Waals surface area contributed by atoms with Crippen LogP contribution in [-0.2, 0) is 0 Å². The smallest absolute Gasteiger partial charge is 0.257 e. The normalized spacial score (nSPS) is 10.1. The minimum atomic E-state index is 0.262. The van der Waals surface area contributed by atoms with E-state index in [2.05, 4.69) is 9.97 Å². The highest BCUT2D eigenvalue weighted by molar-refractivity contribution is 6.33. The van der Waals surface area contributed by atoms with E-state index < -0.39 is 0 Å². The fraction of sp³-hybridized carbons (Fsp3) is 0.0909. The van der Waals surface area contributed by atoms with Gasteiger partial charge in [0, 0.05) is 5.56 Å². The molecule has 0 unspecified atom stereocenters. The summed E-state index contributed by atoms with van der Waals surface area (Å²) < 4.78 is 5.01. The van der Waals surface area contributed by atoms with Crippen molar-refractivity contribution in [3.8, 4) is 17.1 Å². The van der Waals surface area contributed by atoms with E-state index in [0.717, 1.165) is 5.56 Å². The zero-order valence-electron chi connectivity index (χ0n) is 8.64. The Hall–Kier alpha value is -1.81. The molecule has 0 saturated heterocycles. The third kappa shape index (κ3) is 1.92. The minimum absolute atomic E-state index is 0.262. The summed E-state index contributed by atoms with van der Waals surface area (Å²) in [4.78, 5) is 8.23. The summed E-state index contributed by atoms with van der Waals surface area (Å²) in [6.07, 6.45) is 1.57. The molecule has 0 spiro atoms. The first-order valence-corrected chi connectivity index (χ1v) is 5.01. The Morgan fingerprint density at radius 2 is 2.06 bits per heavy atom. The highest BCUT2D eigenvalue weighted by Crippen LogP contribution is 2.27. The van der Waals surface area contributed by atoms with Gasteiger partial charge in [-0.2, -0.15) is 0 Å². The van der Waals surface area contributed by atoms with Gasteiger partial charge in [-0.3, -0.25) is 0 Å². The van der Waals surface area contributed by atoms with Crippen molar-refractivity contribution >= 4 is 17.4 Å². The van der Waals surface area contributed by atoms with Crippen LogP contribution in [0.1, 0.15) is 0 Å². The van der Waals surface area contributed by atoms with Crippen LogP contribution in [0.2, 0.25) is 5.02 Å². The first-order valence-electron chi connectivity index (χ1n) is 4.64. The SMILES string of the molecule is COc1nc(-c2ccccc2Cl)cnc1N. The van der Waals surface area contributed by atoms with Gasteiger partial charge in [-0.25, -0.2) is 9.97 Å². The molecule has 2 N–H and O–H groups in total. The third-order valence-corrected chi connectivity index (χ3v) is 2.44. The van der Waals surface area contributed by atoms with Crippen molar-refractivity contribution in [1.82, 2.24) is 9.97 Å². The van der Waals surface area contributed by atoms with Gasteiger partial charge in [0.1, 0.15) is 0 Å². The van der Waals surface area contributed by atoms with Gasteiger partial charge in [-0.15, -0.1) is 0 Å². The van der Waals surface area contributed by atoms with Crippen molar-refractivity contribution in [1.29, 1.82) is 0 Å². The van der Waals surface area contributed by atoms with E-state index in [-0.39, 0.29) is 5.82 Å². The molecule has 0 fully saturated rings. The Bertz CT molecular complexity index is 516. The predicted molar refractivity (Wildman–Crippen MR) is 63.4 cm³/mol. The van der Waals surface area contributed by atoms with Gasteiger partial charge in [0.15, 0.2) is 5.82 Å². The minimum Gasteiger partial charge on any atom is -0.478 e. The highest BCUT2D eigenvalue weighted by atomic mass is 35.5. The summed E-state index contributed by atoms with van der Waals surface area (Å²) >= 11 is 6.05. The van der Waals surface area contributed by atoms with Gasteiger partial charge >= 0.3 is 0 Å². The molecular formula is C11H10ClN3O. The van der Waals surface area contributed by atoms with Crippen LogP contribution in [0.4, 0.5) is 5.82 Å². The van der Waals surface area contributed by atoms with Crippen LogP contribution in [-0.4, -0.2) is 17.1 Å². The molecule has 82 valence electrons. The molecular weight excluding hydrogens is 226 g/mol. The maximum atomic E-state index is 6.05. The van der Waals surface area contributed by atoms with Crippen LogP contribution in [0.5, 0.6) is 5.88 Å². The summed E-state index contributed by atoms with van der Waals surface area (Å²) in [5, 5.41) is 0.614. The van der Waals surface area contributed by atoms with Crippen molar-refractivity contribution in [2.24, 2.45) is 0 Å². The summed E-state index contributed by atoms with van der Waals surface area (Å²) in [5.74, 6) is 0.565. The van der Waals surface area contributed by atoms with Gasteiger partial charge in [-0.1, -0.05) is 29.8 Å². The number of halogens is 1. The van der Waals surface area contributed by atoms with E-state index in [1.54, 1.807) is 12.3 Å². The molecule has 0 aliphatic rings. The molecule has 0 atom stereocenters. The Balaban J connectivity index is 2.53. The summed E-state index contributed by atoms with van der Waals surface area (Å²) in [7, 11) is 1.50. The number of benzene rings is 1. The first-order chi connectivity index (χ1) is 7.72. The van der Waals surface area contributed by atoms with E-state index in [1.807, 2.05) is 18.2 Å². The van der Waals surface area contributed by atoms with Crippen molar-refractivity contribution in [2.45, 2.75) is 0 Å². The molecule has 4 nitrogen and oxygen atoms in total. The van der Waals surface area contributed by atoms with E-state index in [1.165, 1.54) is 7.11 Å². The molecule has 2 rings (SSSR count). The largest absolute Gasteiger partial charge is 0.478 e. The van der Waals surface area contributed by atoms with Gasteiger partial charge in [0.25, 0.3) is 5.88 Å². The average Bonchev–Trinajstić information content (AvgIpc) is 2.31. The van der Waals surface area contributed by atoms with Crippen LogP contribution in [0, 0.1) is 0 Å². The number of nitrogens with two attached hydrogens (primary N) is 1. The van der Waals surface area contributed by atoms with Crippen molar-refractivity contribution < 1.29 is 4.74 Å². The zero-order valence-corrected chi connectivity index (χ0v) is 9.40. The Kier molecular flexibility index (Phi) is 2.92. The molecule has 16 heavy (non-hydrogen) atoms. The summed E-state index contributed by atoms with van der Waals surface area (Å²) in [6.45, 7) is 0. The van der Waals surface area contributed by atoms with E-state index in [9.17, 15) is 0 Å². The molecule has 0 radical (unpaired) electrons. The average molecular weight is 236 g/mol. The molecule has 5 heteroatoms. The lowest BCUT2D eigenvalue weighted by molar-refractivity contribution is 0.399. The Morgan fingerprint density at radius 3 is 2.75 bits per heavy atom. The number of hydrogen-bond donors (Lipinski definition) is 1. The molecule has 0 amide bonds. The number of rotatable bonds is 2. The second-order valence-electron chi connectivity index (χ2n) is 3.13. The van der Waals surface area contributed by atoms with Gasteiger partial charge in [0.2, 0.25) is 0 Å². The fourth-order valence-electron chi connectivity index (χ4n) is 1.33. The molecule has 1 aromatic carbocycles. The number of methoxy groups -OCH3 is 1. The predicted octanol–water partition coefficient (Wildman–Crippen LogP) is 2.39. The van der Waals surface area contributed by atoms with Crippen LogP contribution in [0.15, 0.2) is 30.5 Å². The van der Waals surface area contributed by atoms with Gasteiger partial charge < -0.3 is 10.5 Å². The Morgan fingerprint density at radius 1 is 1.31 bits per heavy atom. The molecule has 0 aliphatic heterocycles. The third-order valence-electron chi connectivity index (χ3n) is 2.11. The highest BCUT2D eigenvalue weighted by Gasteiger charge is 2.08. The van der Waals surface area contributed by atoms with Crippen LogP contribution >= 0.6 is 11.6 Å². The number of nitrogen functional groups attached to an aromatic ring is 1. The van der Waals surface area contributed by atoms with Crippen LogP contribution in [0.3, 0.4) is 0 Å². The quantitative estimate of drug-likeness (QED) is 0.868. The monoisotopic (exact) mass is 235 g/mol. The number of ether oxygens (including phenoxy) is 1. The molecule has 0 aliphatic carbocycles. The van der Waals surface area contributed by atoms with Gasteiger partial charge in [0.05, 0.1) is 24.0 Å². The zero-order chi connectivity index (χ0) is 11.5. The van der Waals surface area contributed by atoms with Gasteiger partial charge in [-0.05, 0) is 6.07 Å². The van der Waals surface area contributed by atoms with E-state index in [0.29, 0.717) is 16.6 Å². The molecule has 2 aromatic rings. The second-order valence-corrected chi connectivity index (χ2v) is 3.54. The lowest BCUT2D eigenvalue weighted by atomic mass is 10.1. The standard InChI is InChI=1S/C11H10ClN3O/c1-16-11-10(13)14-6-9(15-11)7-4-2-3-5-8(7)12/h2-6H,1H3,(H2,13,14). The maximum absolute atomic E-state index is 6.05. The Labute approximate surface area is 98.0 Å². The maximum Gasteiger partial charge on any atom is 0.257 e. The number of aromatic nitrogens is 2. The molecule has 1 heterocycles. The molecule has 1 aromatic heterocycles. The summed E-state index contributed by atoms with van der Waals surface area (Å²) in [6, 6.07) is 7.39. The summed E-state index contributed by atoms with van der Waals surface area (Å²) in [5.41, 5.74) is 7.02. The molecule has 0 saturated carbocycles. The van der Waals surface area contributed by atoms with Crippen LogP contribution in [0.25, 0.3) is 11.3 Å². The molecule has 0 bridgehead atoms. The lowest BCUT2D eigenvalue weighted by Gasteiger charge is -2.06. The first kappa shape index (κ1) is 10.7. The second kappa shape index (κ2) is 4.37. The van der Waals surface area contributed by atoms with Crippen molar-refractivity contribution in [3.63, 3.8) is 0 Å². The van der Waals surface area contributed by atoms with Crippen molar-refractivity contribution in [2.75, 3.05) is 12.8 Å². The van der Waals surface area contributed by atoms with Crippen LogP contribution < -0.4 is 10.5 Å². The lowest BCUT2D eigenvalue weighted by Crippen LogP contribution is -1.99. The number of hydrogen-bond acceptors (Lipinski definition) is 4. The number of nitrogens with zero attached hydrogens (tertiary/aromatic N) is 2. The topological polar surface area (TPSA) is 61.0 Å².